The van der Waals surface area contributed by atoms with E-state index in [1.165, 1.54) is 17.2 Å². The molecule has 0 saturated heterocycles. The van der Waals surface area contributed by atoms with Gasteiger partial charge in [-0.15, -0.1) is 0 Å². The first-order chi connectivity index (χ1) is 19.1. The Bertz CT molecular complexity index is 1450. The number of halogens is 1. The first-order valence-electron chi connectivity index (χ1n) is 14.1. The Balaban J connectivity index is 1.43. The van der Waals surface area contributed by atoms with E-state index in [0.717, 1.165) is 37.1 Å². The Morgan fingerprint density at radius 2 is 2.02 bits per heavy atom. The maximum atomic E-state index is 13.3. The summed E-state index contributed by atoms with van der Waals surface area (Å²) in [5.41, 5.74) is 2.88. The topological polar surface area (TPSA) is 108 Å². The molecular formula is C30H36ClN3O5S. The highest BCUT2D eigenvalue weighted by molar-refractivity contribution is 7.90. The van der Waals surface area contributed by atoms with Crippen LogP contribution in [-0.4, -0.2) is 57.8 Å². The number of carbonyl (C=O) groups excluding carboxylic acids is 1. The van der Waals surface area contributed by atoms with Crippen LogP contribution in [0, 0.1) is 11.8 Å². The number of nitrogens with one attached hydrogen (secondary N) is 2. The molecule has 2 aliphatic carbocycles. The van der Waals surface area contributed by atoms with Crippen LogP contribution in [0.15, 0.2) is 53.4 Å². The number of aryl methyl sites for hydroxylation is 1. The van der Waals surface area contributed by atoms with Crippen molar-refractivity contribution < 1.29 is 23.1 Å². The number of ether oxygens (including phenoxy) is 1. The molecule has 214 valence electrons. The van der Waals surface area contributed by atoms with E-state index < -0.39 is 28.1 Å². The molecule has 2 aromatic rings. The first kappa shape index (κ1) is 27.6. The van der Waals surface area contributed by atoms with Crippen LogP contribution in [0.4, 0.5) is 5.69 Å². The maximum absolute atomic E-state index is 13.3. The minimum Gasteiger partial charge on any atom is -0.490 e. The van der Waals surface area contributed by atoms with Crippen LogP contribution in [-0.2, 0) is 26.7 Å². The van der Waals surface area contributed by atoms with Crippen molar-refractivity contribution in [2.75, 3.05) is 31.1 Å². The highest BCUT2D eigenvalue weighted by atomic mass is 35.5. The molecule has 6 rings (SSSR count). The molecule has 2 heterocycles. The van der Waals surface area contributed by atoms with Crippen LogP contribution in [0.5, 0.6) is 5.75 Å². The Morgan fingerprint density at radius 3 is 2.83 bits per heavy atom. The number of nitrogens with zero attached hydrogens (tertiary/aromatic N) is 1. The molecule has 1 amide bonds. The summed E-state index contributed by atoms with van der Waals surface area (Å²) in [6, 6.07) is 10.2. The van der Waals surface area contributed by atoms with E-state index in [2.05, 4.69) is 27.1 Å². The number of aliphatic hydroxyl groups excluding tert-OH is 1. The van der Waals surface area contributed by atoms with Gasteiger partial charge in [-0.2, -0.15) is 0 Å². The number of hydrogen-bond acceptors (Lipinski definition) is 7. The fraction of sp³-hybridized carbons (Fsp3) is 0.500. The summed E-state index contributed by atoms with van der Waals surface area (Å²) >= 11 is 6.36. The van der Waals surface area contributed by atoms with Crippen LogP contribution < -0.4 is 19.7 Å². The second-order valence-electron chi connectivity index (χ2n) is 11.8. The standard InChI is InChI=1S/C30H36ClN3O5S/c1-19-29(36)33-40(37,38)23-8-11-28-26(15-23)34(16-21-6-9-24(21)27(35)5-3-13-32-19)17-30(18-39-28)12-2-4-20-14-22(31)7-10-25(20)30/h3,5,7-8,10-11,14-15,19,21,24,27,32,35H,2,4,6,9,12-13,16-18H2,1H3,(H,33,36)/b5-3+/t19-,21-,24+,27-,30-/m0/s1. The zero-order chi connectivity index (χ0) is 28.1. The van der Waals surface area contributed by atoms with Crippen molar-refractivity contribution in [3.63, 3.8) is 0 Å². The van der Waals surface area contributed by atoms with Gasteiger partial charge >= 0.3 is 0 Å². The van der Waals surface area contributed by atoms with E-state index >= 15 is 0 Å². The maximum Gasteiger partial charge on any atom is 0.264 e. The molecule has 2 aliphatic heterocycles. The lowest BCUT2D eigenvalue weighted by atomic mass is 9.68. The van der Waals surface area contributed by atoms with Crippen molar-refractivity contribution in [1.82, 2.24) is 10.0 Å². The van der Waals surface area contributed by atoms with Crippen molar-refractivity contribution in [3.8, 4) is 5.75 Å². The van der Waals surface area contributed by atoms with Gasteiger partial charge in [-0.05, 0) is 92.3 Å². The SMILES string of the molecule is C[C@@H]1NC/C=C/[C@H](O)[C@@H]2CC[C@H]2CN2C[C@@]3(CCCc4cc(Cl)ccc43)COc3ccc(cc32)S(=O)(=O)NC1=O. The Labute approximate surface area is 240 Å². The molecular weight excluding hydrogens is 550 g/mol. The summed E-state index contributed by atoms with van der Waals surface area (Å²) < 4.78 is 35.3. The lowest BCUT2D eigenvalue weighted by Crippen LogP contribution is -2.49. The van der Waals surface area contributed by atoms with Crippen LogP contribution >= 0.6 is 11.6 Å². The van der Waals surface area contributed by atoms with E-state index in [-0.39, 0.29) is 22.1 Å². The smallest absolute Gasteiger partial charge is 0.264 e. The van der Waals surface area contributed by atoms with Gasteiger partial charge in [0.05, 0.1) is 29.3 Å². The van der Waals surface area contributed by atoms with E-state index in [9.17, 15) is 18.3 Å². The number of rotatable bonds is 0. The minimum absolute atomic E-state index is 0.0179. The number of benzene rings is 2. The zero-order valence-electron chi connectivity index (χ0n) is 22.6. The van der Waals surface area contributed by atoms with Crippen LogP contribution in [0.3, 0.4) is 0 Å². The van der Waals surface area contributed by atoms with Crippen molar-refractivity contribution in [3.05, 3.63) is 64.7 Å². The molecule has 1 spiro atoms. The van der Waals surface area contributed by atoms with Gasteiger partial charge in [-0.1, -0.05) is 29.8 Å². The number of aliphatic hydroxyl groups is 1. The molecule has 0 aromatic heterocycles. The zero-order valence-corrected chi connectivity index (χ0v) is 24.2. The second kappa shape index (κ2) is 10.7. The number of hydrogen-bond donors (Lipinski definition) is 3. The number of carbonyl (C=O) groups is 1. The van der Waals surface area contributed by atoms with E-state index in [4.69, 9.17) is 16.3 Å². The summed E-state index contributed by atoms with van der Waals surface area (Å²) in [6.45, 7) is 3.75. The highest BCUT2D eigenvalue weighted by Crippen LogP contribution is 2.47. The average Bonchev–Trinajstić information content (AvgIpc) is 3.05. The fourth-order valence-electron chi connectivity index (χ4n) is 6.78. The van der Waals surface area contributed by atoms with Gasteiger partial charge in [0.25, 0.3) is 15.9 Å². The normalized spacial score (nSPS) is 32.5. The quantitative estimate of drug-likeness (QED) is 0.406. The molecule has 5 atom stereocenters. The molecule has 0 radical (unpaired) electrons. The van der Waals surface area contributed by atoms with Gasteiger partial charge < -0.3 is 20.1 Å². The molecule has 1 fully saturated rings. The summed E-state index contributed by atoms with van der Waals surface area (Å²) in [5.74, 6) is 0.337. The van der Waals surface area contributed by atoms with Crippen LogP contribution in [0.1, 0.15) is 43.7 Å². The molecule has 1 saturated carbocycles. The fourth-order valence-corrected chi connectivity index (χ4v) is 8.05. The third kappa shape index (κ3) is 5.13. The molecule has 0 unspecified atom stereocenters. The van der Waals surface area contributed by atoms with Crippen LogP contribution in [0.2, 0.25) is 5.02 Å². The van der Waals surface area contributed by atoms with Crippen molar-refractivity contribution >= 4 is 33.2 Å². The van der Waals surface area contributed by atoms with Gasteiger partial charge in [-0.3, -0.25) is 4.79 Å². The molecule has 4 aliphatic rings. The molecule has 2 aromatic carbocycles. The Kier molecular flexibility index (Phi) is 7.36. The lowest BCUT2D eigenvalue weighted by Gasteiger charge is -2.45. The van der Waals surface area contributed by atoms with Crippen LogP contribution in [0.25, 0.3) is 0 Å². The predicted octanol–water partition coefficient (Wildman–Crippen LogP) is 3.55. The number of amides is 1. The number of fused-ring (bicyclic) bond motifs is 4. The molecule has 8 nitrogen and oxygen atoms in total. The van der Waals surface area contributed by atoms with Crippen molar-refractivity contribution in [1.29, 1.82) is 0 Å². The average molecular weight is 586 g/mol. The predicted molar refractivity (Wildman–Crippen MR) is 154 cm³/mol. The minimum atomic E-state index is -4.11. The van der Waals surface area contributed by atoms with Crippen molar-refractivity contribution in [2.24, 2.45) is 11.8 Å². The second-order valence-corrected chi connectivity index (χ2v) is 13.9. The number of sulfonamides is 1. The first-order valence-corrected chi connectivity index (χ1v) is 16.0. The van der Waals surface area contributed by atoms with Gasteiger partial charge in [0, 0.05) is 30.1 Å². The molecule has 3 N–H and O–H groups in total. The third-order valence-corrected chi connectivity index (χ3v) is 10.8. The van der Waals surface area contributed by atoms with Gasteiger partial charge in [0.1, 0.15) is 5.75 Å². The molecule has 40 heavy (non-hydrogen) atoms. The van der Waals surface area contributed by atoms with Gasteiger partial charge in [0.15, 0.2) is 0 Å². The molecule has 2 bridgehead atoms. The van der Waals surface area contributed by atoms with Gasteiger partial charge in [-0.25, -0.2) is 13.1 Å². The molecule has 10 heteroatoms. The summed E-state index contributed by atoms with van der Waals surface area (Å²) in [7, 11) is -4.11. The summed E-state index contributed by atoms with van der Waals surface area (Å²) in [5, 5.41) is 14.7. The van der Waals surface area contributed by atoms with E-state index in [1.807, 2.05) is 12.1 Å². The Hall–Kier alpha value is -2.59. The van der Waals surface area contributed by atoms with Gasteiger partial charge in [0.2, 0.25) is 0 Å². The monoisotopic (exact) mass is 585 g/mol. The highest BCUT2D eigenvalue weighted by Gasteiger charge is 2.44. The number of anilines is 1. The van der Waals surface area contributed by atoms with Crippen molar-refractivity contribution in [2.45, 2.75) is 61.5 Å². The third-order valence-electron chi connectivity index (χ3n) is 9.19. The Morgan fingerprint density at radius 1 is 1.18 bits per heavy atom. The summed E-state index contributed by atoms with van der Waals surface area (Å²) in [4.78, 5) is 15.0. The largest absolute Gasteiger partial charge is 0.490 e. The lowest BCUT2D eigenvalue weighted by molar-refractivity contribution is -0.120. The van der Waals surface area contributed by atoms with E-state index in [1.54, 1.807) is 25.1 Å². The van der Waals surface area contributed by atoms with E-state index in [0.29, 0.717) is 37.7 Å². The summed E-state index contributed by atoms with van der Waals surface area (Å²) in [6.07, 6.45) is 7.85.